The van der Waals surface area contributed by atoms with Crippen molar-refractivity contribution in [3.8, 4) is 0 Å². The average molecular weight is 978 g/mol. The van der Waals surface area contributed by atoms with Crippen LogP contribution in [-0.2, 0) is 19.1 Å². The Hall–Kier alpha value is -2.66. The van der Waals surface area contributed by atoms with Crippen molar-refractivity contribution >= 4 is 11.9 Å². The Labute approximate surface area is 435 Å². The van der Waals surface area contributed by atoms with Gasteiger partial charge < -0.3 is 14.6 Å². The standard InChI is InChI=1S/C65H116O5/c1-3-5-7-9-11-13-15-17-19-21-22-23-24-25-26-27-28-29-30-31-32-33-34-35-36-37-38-39-40-41-42-44-45-47-49-51-53-55-57-59-64(67)69-62-63(61-66)70-65(68)60-58-56-54-52-50-48-46-43-20-18-16-14-12-10-8-6-4-2/h6,8,12,14-15,17-18,20-22,46,48,63,66H,3-5,7,9-11,13,16,19,23-45,47,49-62H2,1-2H3/b8-6-,14-12-,17-15-,20-18-,22-21-,48-46-. The Kier molecular flexibility index (Phi) is 58.3. The molecule has 0 aromatic carbocycles. The van der Waals surface area contributed by atoms with Crippen LogP contribution in [0.5, 0.6) is 0 Å². The van der Waals surface area contributed by atoms with Crippen LogP contribution in [0.25, 0.3) is 0 Å². The SMILES string of the molecule is CC/C=C\C/C=C\C/C=C\C/C=C\CCCCCCC(=O)OC(CO)COC(=O)CCCCCCCCCCCCCCCCCCCCCCCCCCCCC/C=C\C/C=C\CCCCCCC. The minimum Gasteiger partial charge on any atom is -0.462 e. The maximum absolute atomic E-state index is 12.3. The molecule has 0 rings (SSSR count). The monoisotopic (exact) mass is 977 g/mol. The number of allylic oxidation sites excluding steroid dienone is 12. The summed E-state index contributed by atoms with van der Waals surface area (Å²) in [5.74, 6) is -0.609. The summed E-state index contributed by atoms with van der Waals surface area (Å²) in [5, 5.41) is 9.64. The molecule has 0 saturated carbocycles. The van der Waals surface area contributed by atoms with Crippen LogP contribution >= 0.6 is 0 Å². The number of aliphatic hydroxyl groups is 1. The molecule has 0 radical (unpaired) electrons. The highest BCUT2D eigenvalue weighted by atomic mass is 16.6. The maximum atomic E-state index is 12.3. The Morgan fingerprint density at radius 2 is 0.614 bits per heavy atom. The van der Waals surface area contributed by atoms with E-state index in [9.17, 15) is 14.7 Å². The highest BCUT2D eigenvalue weighted by molar-refractivity contribution is 5.70. The second-order valence-corrected chi connectivity index (χ2v) is 20.4. The molecule has 0 aromatic heterocycles. The molecule has 0 saturated heterocycles. The highest BCUT2D eigenvalue weighted by Gasteiger charge is 2.16. The number of carbonyl (C=O) groups excluding carboxylic acids is 2. The van der Waals surface area contributed by atoms with Crippen molar-refractivity contribution in [3.63, 3.8) is 0 Å². The normalized spacial score (nSPS) is 12.7. The molecule has 70 heavy (non-hydrogen) atoms. The van der Waals surface area contributed by atoms with Gasteiger partial charge in [-0.05, 0) is 83.5 Å². The van der Waals surface area contributed by atoms with Gasteiger partial charge in [-0.3, -0.25) is 9.59 Å². The molecule has 0 spiro atoms. The molecule has 0 heterocycles. The van der Waals surface area contributed by atoms with Crippen LogP contribution in [0.15, 0.2) is 72.9 Å². The van der Waals surface area contributed by atoms with Crippen LogP contribution in [0, 0.1) is 0 Å². The molecule has 406 valence electrons. The van der Waals surface area contributed by atoms with E-state index in [0.29, 0.717) is 12.8 Å². The van der Waals surface area contributed by atoms with E-state index < -0.39 is 6.10 Å². The van der Waals surface area contributed by atoms with Crippen molar-refractivity contribution < 1.29 is 24.2 Å². The van der Waals surface area contributed by atoms with E-state index in [1.54, 1.807) is 0 Å². The number of ether oxygens (including phenoxy) is 2. The van der Waals surface area contributed by atoms with E-state index >= 15 is 0 Å². The zero-order valence-corrected chi connectivity index (χ0v) is 46.5. The molecule has 1 unspecified atom stereocenters. The van der Waals surface area contributed by atoms with E-state index in [-0.39, 0.29) is 25.2 Å². The van der Waals surface area contributed by atoms with Crippen molar-refractivity contribution in [1.82, 2.24) is 0 Å². The zero-order chi connectivity index (χ0) is 50.6. The second kappa shape index (κ2) is 60.6. The van der Waals surface area contributed by atoms with E-state index in [0.717, 1.165) is 83.5 Å². The highest BCUT2D eigenvalue weighted by Crippen LogP contribution is 2.17. The summed E-state index contributed by atoms with van der Waals surface area (Å²) in [5.41, 5.74) is 0. The molecule has 1 atom stereocenters. The predicted molar refractivity (Wildman–Crippen MR) is 306 cm³/mol. The summed E-state index contributed by atoms with van der Waals surface area (Å²) in [6.07, 6.45) is 83.5. The molecule has 0 bridgehead atoms. The lowest BCUT2D eigenvalue weighted by Crippen LogP contribution is -2.28. The first-order valence-corrected chi connectivity index (χ1v) is 30.5. The van der Waals surface area contributed by atoms with Crippen molar-refractivity contribution in [3.05, 3.63) is 72.9 Å². The minimum absolute atomic E-state index is 0.0754. The molecule has 0 aromatic rings. The number of hydrogen-bond donors (Lipinski definition) is 1. The van der Waals surface area contributed by atoms with Gasteiger partial charge in [0.15, 0.2) is 6.10 Å². The Morgan fingerprint density at radius 1 is 0.343 bits per heavy atom. The third-order valence-corrected chi connectivity index (χ3v) is 13.5. The molecule has 0 amide bonds. The number of esters is 2. The summed E-state index contributed by atoms with van der Waals surface area (Å²) >= 11 is 0. The summed E-state index contributed by atoms with van der Waals surface area (Å²) < 4.78 is 10.7. The van der Waals surface area contributed by atoms with Crippen molar-refractivity contribution in [2.75, 3.05) is 13.2 Å². The molecular weight excluding hydrogens is 861 g/mol. The Morgan fingerprint density at radius 3 is 0.929 bits per heavy atom. The van der Waals surface area contributed by atoms with Gasteiger partial charge in [-0.2, -0.15) is 0 Å². The average Bonchev–Trinajstić information content (AvgIpc) is 3.36. The van der Waals surface area contributed by atoms with Gasteiger partial charge in [-0.25, -0.2) is 0 Å². The Bertz CT molecular complexity index is 1240. The lowest BCUT2D eigenvalue weighted by Gasteiger charge is -2.15. The molecule has 0 fully saturated rings. The van der Waals surface area contributed by atoms with Crippen LogP contribution in [0.1, 0.15) is 309 Å². The van der Waals surface area contributed by atoms with Gasteiger partial charge in [0.1, 0.15) is 6.61 Å². The first-order chi connectivity index (χ1) is 34.6. The van der Waals surface area contributed by atoms with Crippen LogP contribution in [0.2, 0.25) is 0 Å². The van der Waals surface area contributed by atoms with Crippen molar-refractivity contribution in [1.29, 1.82) is 0 Å². The number of hydrogen-bond acceptors (Lipinski definition) is 5. The van der Waals surface area contributed by atoms with Crippen LogP contribution in [0.4, 0.5) is 0 Å². The maximum Gasteiger partial charge on any atom is 0.306 e. The predicted octanol–water partition coefficient (Wildman–Crippen LogP) is 20.8. The van der Waals surface area contributed by atoms with E-state index in [4.69, 9.17) is 9.47 Å². The van der Waals surface area contributed by atoms with E-state index in [1.165, 1.54) is 199 Å². The van der Waals surface area contributed by atoms with E-state index in [1.807, 2.05) is 0 Å². The third-order valence-electron chi connectivity index (χ3n) is 13.5. The molecule has 0 aliphatic carbocycles. The fraction of sp³-hybridized carbons (Fsp3) is 0.785. The fourth-order valence-electron chi connectivity index (χ4n) is 8.93. The number of unbranched alkanes of at least 4 members (excludes halogenated alkanes) is 36. The number of carbonyl (C=O) groups is 2. The van der Waals surface area contributed by atoms with Gasteiger partial charge in [0, 0.05) is 12.8 Å². The van der Waals surface area contributed by atoms with Gasteiger partial charge >= 0.3 is 11.9 Å². The lowest BCUT2D eigenvalue weighted by atomic mass is 10.0. The summed E-state index contributed by atoms with van der Waals surface area (Å²) in [7, 11) is 0. The van der Waals surface area contributed by atoms with Crippen LogP contribution < -0.4 is 0 Å². The van der Waals surface area contributed by atoms with Gasteiger partial charge in [0.05, 0.1) is 6.61 Å². The molecule has 5 nitrogen and oxygen atoms in total. The lowest BCUT2D eigenvalue weighted by molar-refractivity contribution is -0.161. The number of aliphatic hydroxyl groups excluding tert-OH is 1. The smallest absolute Gasteiger partial charge is 0.306 e. The van der Waals surface area contributed by atoms with Crippen LogP contribution in [0.3, 0.4) is 0 Å². The van der Waals surface area contributed by atoms with Gasteiger partial charge in [-0.1, -0.05) is 286 Å². The van der Waals surface area contributed by atoms with E-state index in [2.05, 4.69) is 86.8 Å². The zero-order valence-electron chi connectivity index (χ0n) is 46.5. The third kappa shape index (κ3) is 57.9. The van der Waals surface area contributed by atoms with Crippen molar-refractivity contribution in [2.24, 2.45) is 0 Å². The molecule has 0 aliphatic heterocycles. The minimum atomic E-state index is -0.787. The van der Waals surface area contributed by atoms with Crippen LogP contribution in [-0.4, -0.2) is 36.4 Å². The second-order valence-electron chi connectivity index (χ2n) is 20.4. The van der Waals surface area contributed by atoms with Gasteiger partial charge in [0.2, 0.25) is 0 Å². The fourth-order valence-corrected chi connectivity index (χ4v) is 8.93. The largest absolute Gasteiger partial charge is 0.462 e. The molecule has 5 heteroatoms. The first-order valence-electron chi connectivity index (χ1n) is 30.5. The molecular formula is C65H116O5. The topological polar surface area (TPSA) is 72.8 Å². The Balaban J connectivity index is 3.40. The molecule has 1 N–H and O–H groups in total. The first kappa shape index (κ1) is 67.3. The van der Waals surface area contributed by atoms with Gasteiger partial charge in [-0.15, -0.1) is 0 Å². The summed E-state index contributed by atoms with van der Waals surface area (Å²) in [4.78, 5) is 24.5. The summed E-state index contributed by atoms with van der Waals surface area (Å²) in [6, 6.07) is 0. The quantitative estimate of drug-likeness (QED) is 0.0373. The van der Waals surface area contributed by atoms with Crippen molar-refractivity contribution in [2.45, 2.75) is 315 Å². The molecule has 0 aliphatic rings. The number of rotatable bonds is 56. The van der Waals surface area contributed by atoms with Gasteiger partial charge in [0.25, 0.3) is 0 Å². The summed E-state index contributed by atoms with van der Waals surface area (Å²) in [6.45, 7) is 4.02.